The highest BCUT2D eigenvalue weighted by Crippen LogP contribution is 2.30. The molecule has 0 aliphatic heterocycles. The van der Waals surface area contributed by atoms with E-state index in [2.05, 4.69) is 39.1 Å². The van der Waals surface area contributed by atoms with Crippen LogP contribution in [0, 0.1) is 5.92 Å². The van der Waals surface area contributed by atoms with Crippen molar-refractivity contribution < 1.29 is 9.47 Å². The Morgan fingerprint density at radius 3 is 2.20 bits per heavy atom. The summed E-state index contributed by atoms with van der Waals surface area (Å²) in [6, 6.07) is 6.75. The molecule has 3 heteroatoms. The Hall–Kier alpha value is -1.22. The first-order valence-electron chi connectivity index (χ1n) is 7.55. The second kappa shape index (κ2) is 8.15. The molecule has 20 heavy (non-hydrogen) atoms. The molecule has 1 rings (SSSR count). The Labute approximate surface area is 123 Å². The molecule has 114 valence electrons. The van der Waals surface area contributed by atoms with E-state index in [1.165, 1.54) is 18.4 Å². The molecule has 0 saturated carbocycles. The van der Waals surface area contributed by atoms with E-state index in [4.69, 9.17) is 9.47 Å². The second-order valence-corrected chi connectivity index (χ2v) is 5.36. The summed E-state index contributed by atoms with van der Waals surface area (Å²) in [6.07, 6.45) is 2.41. The number of methoxy groups -OCH3 is 2. The van der Waals surface area contributed by atoms with Crippen molar-refractivity contribution >= 4 is 0 Å². The quantitative estimate of drug-likeness (QED) is 0.774. The van der Waals surface area contributed by atoms with Crippen LogP contribution in [0.3, 0.4) is 0 Å². The van der Waals surface area contributed by atoms with Crippen LogP contribution in [0.15, 0.2) is 18.2 Å². The molecule has 0 heterocycles. The lowest BCUT2D eigenvalue weighted by atomic mass is 9.94. The van der Waals surface area contributed by atoms with Gasteiger partial charge >= 0.3 is 0 Å². The molecule has 0 saturated heterocycles. The molecule has 1 aromatic rings. The zero-order chi connectivity index (χ0) is 15.1. The number of nitrogens with one attached hydrogen (secondary N) is 1. The van der Waals surface area contributed by atoms with Crippen LogP contribution in [-0.4, -0.2) is 20.3 Å². The van der Waals surface area contributed by atoms with E-state index >= 15 is 0 Å². The van der Waals surface area contributed by atoms with Crippen LogP contribution in [-0.2, 0) is 0 Å². The lowest BCUT2D eigenvalue weighted by Gasteiger charge is -2.27. The van der Waals surface area contributed by atoms with Gasteiger partial charge in [-0.05, 0) is 25.8 Å². The predicted molar refractivity (Wildman–Crippen MR) is 84.6 cm³/mol. The van der Waals surface area contributed by atoms with Crippen molar-refractivity contribution in [1.29, 1.82) is 0 Å². The molecule has 2 unspecified atom stereocenters. The second-order valence-electron chi connectivity index (χ2n) is 5.36. The van der Waals surface area contributed by atoms with Crippen molar-refractivity contribution in [2.24, 2.45) is 5.92 Å². The van der Waals surface area contributed by atoms with Gasteiger partial charge in [-0.25, -0.2) is 0 Å². The van der Waals surface area contributed by atoms with Crippen LogP contribution in [0.1, 0.15) is 52.1 Å². The zero-order valence-electron chi connectivity index (χ0n) is 13.7. The average Bonchev–Trinajstić information content (AvgIpc) is 2.47. The fraction of sp³-hybridized carbons (Fsp3) is 0.647. The fourth-order valence-corrected chi connectivity index (χ4v) is 2.79. The summed E-state index contributed by atoms with van der Waals surface area (Å²) < 4.78 is 10.7. The minimum absolute atomic E-state index is 0.256. The molecule has 0 aliphatic rings. The van der Waals surface area contributed by atoms with E-state index in [9.17, 15) is 0 Å². The summed E-state index contributed by atoms with van der Waals surface area (Å²) in [5.41, 5.74) is 1.17. The largest absolute Gasteiger partial charge is 0.497 e. The smallest absolute Gasteiger partial charge is 0.127 e. The van der Waals surface area contributed by atoms with E-state index in [-0.39, 0.29) is 6.04 Å². The van der Waals surface area contributed by atoms with Crippen molar-refractivity contribution in [2.45, 2.75) is 52.6 Å². The third kappa shape index (κ3) is 4.14. The van der Waals surface area contributed by atoms with Crippen molar-refractivity contribution in [2.75, 3.05) is 14.2 Å². The summed E-state index contributed by atoms with van der Waals surface area (Å²) in [4.78, 5) is 0. The van der Waals surface area contributed by atoms with Crippen LogP contribution >= 0.6 is 0 Å². The lowest BCUT2D eigenvalue weighted by Crippen LogP contribution is -2.35. The van der Waals surface area contributed by atoms with Crippen molar-refractivity contribution in [1.82, 2.24) is 5.32 Å². The summed E-state index contributed by atoms with van der Waals surface area (Å²) in [6.45, 7) is 8.96. The minimum atomic E-state index is 0.256. The summed E-state index contributed by atoms with van der Waals surface area (Å²) in [5, 5.41) is 3.69. The topological polar surface area (TPSA) is 30.5 Å². The van der Waals surface area contributed by atoms with E-state index in [1.807, 2.05) is 12.1 Å². The minimum Gasteiger partial charge on any atom is -0.497 e. The van der Waals surface area contributed by atoms with Crippen molar-refractivity contribution in [3.63, 3.8) is 0 Å². The van der Waals surface area contributed by atoms with Gasteiger partial charge in [0.2, 0.25) is 0 Å². The highest BCUT2D eigenvalue weighted by Gasteiger charge is 2.18. The number of benzene rings is 1. The van der Waals surface area contributed by atoms with Gasteiger partial charge in [-0.15, -0.1) is 0 Å². The first-order chi connectivity index (χ1) is 9.57. The molecule has 0 aliphatic carbocycles. The van der Waals surface area contributed by atoms with Gasteiger partial charge in [0.1, 0.15) is 11.5 Å². The van der Waals surface area contributed by atoms with Crippen molar-refractivity contribution in [3.05, 3.63) is 23.8 Å². The Balaban J connectivity index is 2.83. The van der Waals surface area contributed by atoms with Crippen LogP contribution < -0.4 is 14.8 Å². The number of hydrogen-bond acceptors (Lipinski definition) is 3. The van der Waals surface area contributed by atoms with E-state index in [1.54, 1.807) is 14.2 Å². The monoisotopic (exact) mass is 279 g/mol. The molecule has 0 fully saturated rings. The highest BCUT2D eigenvalue weighted by atomic mass is 16.5. The first-order valence-corrected chi connectivity index (χ1v) is 7.55. The zero-order valence-corrected chi connectivity index (χ0v) is 13.7. The number of ether oxygens (including phenoxy) is 2. The van der Waals surface area contributed by atoms with Gasteiger partial charge < -0.3 is 14.8 Å². The third-order valence-electron chi connectivity index (χ3n) is 4.18. The fourth-order valence-electron chi connectivity index (χ4n) is 2.79. The van der Waals surface area contributed by atoms with Gasteiger partial charge in [0.15, 0.2) is 0 Å². The maximum absolute atomic E-state index is 5.48. The van der Waals surface area contributed by atoms with Crippen LogP contribution in [0.4, 0.5) is 0 Å². The lowest BCUT2D eigenvalue weighted by molar-refractivity contribution is 0.324. The van der Waals surface area contributed by atoms with Gasteiger partial charge in [-0.3, -0.25) is 0 Å². The molecular formula is C17H29NO2. The molecular weight excluding hydrogens is 250 g/mol. The number of rotatable bonds is 8. The first kappa shape index (κ1) is 16.8. The maximum atomic E-state index is 5.48. The van der Waals surface area contributed by atoms with Gasteiger partial charge in [0.05, 0.1) is 14.2 Å². The third-order valence-corrected chi connectivity index (χ3v) is 4.18. The molecule has 0 spiro atoms. The van der Waals surface area contributed by atoms with E-state index < -0.39 is 0 Å². The normalized spacial score (nSPS) is 14.2. The Morgan fingerprint density at radius 2 is 1.70 bits per heavy atom. The maximum Gasteiger partial charge on any atom is 0.127 e. The molecule has 0 radical (unpaired) electrons. The highest BCUT2D eigenvalue weighted by molar-refractivity contribution is 5.42. The Morgan fingerprint density at radius 1 is 1.05 bits per heavy atom. The van der Waals surface area contributed by atoms with Gasteiger partial charge in [0, 0.05) is 23.7 Å². The average molecular weight is 279 g/mol. The van der Waals surface area contributed by atoms with Crippen molar-refractivity contribution in [3.8, 4) is 11.5 Å². The van der Waals surface area contributed by atoms with Crippen LogP contribution in [0.5, 0.6) is 11.5 Å². The Kier molecular flexibility index (Phi) is 6.86. The molecule has 0 bridgehead atoms. The molecule has 0 amide bonds. The van der Waals surface area contributed by atoms with Crippen LogP contribution in [0.2, 0.25) is 0 Å². The van der Waals surface area contributed by atoms with E-state index in [0.29, 0.717) is 12.0 Å². The molecule has 1 aromatic carbocycles. The SMILES string of the molecule is CCC(CC)C(C)NC(C)c1ccc(OC)cc1OC. The molecule has 0 aromatic heterocycles. The van der Waals surface area contributed by atoms with Crippen LogP contribution in [0.25, 0.3) is 0 Å². The summed E-state index contributed by atoms with van der Waals surface area (Å²) >= 11 is 0. The van der Waals surface area contributed by atoms with Gasteiger partial charge in [-0.1, -0.05) is 32.8 Å². The number of hydrogen-bond donors (Lipinski definition) is 1. The Bertz CT molecular complexity index is 402. The molecule has 1 N–H and O–H groups in total. The predicted octanol–water partition coefficient (Wildman–Crippen LogP) is 4.18. The van der Waals surface area contributed by atoms with Gasteiger partial charge in [0.25, 0.3) is 0 Å². The van der Waals surface area contributed by atoms with Gasteiger partial charge in [-0.2, -0.15) is 0 Å². The molecule has 3 nitrogen and oxygen atoms in total. The summed E-state index contributed by atoms with van der Waals surface area (Å²) in [7, 11) is 3.38. The molecule has 2 atom stereocenters. The standard InChI is InChI=1S/C17H29NO2/c1-7-14(8-2)12(3)18-13(4)16-10-9-15(19-5)11-17(16)20-6/h9-14,18H,7-8H2,1-6H3. The summed E-state index contributed by atoms with van der Waals surface area (Å²) in [5.74, 6) is 2.41. The van der Waals surface area contributed by atoms with E-state index in [0.717, 1.165) is 11.5 Å².